The zero-order valence-electron chi connectivity index (χ0n) is 22.5. The average molecular weight is 502 g/mol. The maximum atomic E-state index is 6.76. The molecule has 0 radical (unpaired) electrons. The molecule has 3 aromatic rings. The number of ether oxygens (including phenoxy) is 4. The predicted molar refractivity (Wildman–Crippen MR) is 147 cm³/mol. The van der Waals surface area contributed by atoms with Gasteiger partial charge in [0, 0.05) is 29.5 Å². The first-order valence-corrected chi connectivity index (χ1v) is 13.4. The third-order valence-electron chi connectivity index (χ3n) is 8.03. The first-order valence-electron chi connectivity index (χ1n) is 13.4. The van der Waals surface area contributed by atoms with Crippen LogP contribution in [0.5, 0.6) is 23.0 Å². The van der Waals surface area contributed by atoms with Gasteiger partial charge >= 0.3 is 0 Å². The minimum Gasteiger partial charge on any atom is -0.497 e. The zero-order valence-corrected chi connectivity index (χ0v) is 22.5. The number of fused-ring (bicyclic) bond motifs is 1. The second-order valence-electron chi connectivity index (χ2n) is 10.7. The van der Waals surface area contributed by atoms with Crippen molar-refractivity contribution in [2.45, 2.75) is 50.5 Å². The van der Waals surface area contributed by atoms with Crippen molar-refractivity contribution in [3.05, 3.63) is 83.4 Å². The summed E-state index contributed by atoms with van der Waals surface area (Å²) in [6, 6.07) is 23.0. The van der Waals surface area contributed by atoms with Crippen LogP contribution in [0.25, 0.3) is 0 Å². The molecule has 1 saturated heterocycles. The molecule has 0 N–H and O–H groups in total. The highest BCUT2D eigenvalue weighted by Gasteiger charge is 2.45. The molecule has 5 nitrogen and oxygen atoms in total. The van der Waals surface area contributed by atoms with Crippen LogP contribution in [0, 0.1) is 0 Å². The standard InChI is InChI=1S/C32H39NO4/c1-32(2)28-17-16-27(35-4)22-29(28)37-31(30(32)23-8-12-25(34-3)13-9-23)24-10-14-26(15-11-24)36-21-20-33-18-6-5-7-19-33/h8-17,22,30-31H,5-7,18-21H2,1-4H3. The van der Waals surface area contributed by atoms with Crippen molar-refractivity contribution >= 4 is 0 Å². The van der Waals surface area contributed by atoms with Crippen LogP contribution in [0.4, 0.5) is 0 Å². The van der Waals surface area contributed by atoms with Crippen LogP contribution in [0.1, 0.15) is 61.8 Å². The minimum absolute atomic E-state index is 0.102. The van der Waals surface area contributed by atoms with Crippen LogP contribution in [0.2, 0.25) is 0 Å². The van der Waals surface area contributed by atoms with Crippen LogP contribution in [-0.4, -0.2) is 45.4 Å². The number of rotatable bonds is 8. The van der Waals surface area contributed by atoms with Gasteiger partial charge < -0.3 is 18.9 Å². The Bertz CT molecular complexity index is 1170. The first kappa shape index (κ1) is 25.5. The third kappa shape index (κ3) is 5.42. The average Bonchev–Trinajstić information content (AvgIpc) is 2.93. The monoisotopic (exact) mass is 501 g/mol. The summed E-state index contributed by atoms with van der Waals surface area (Å²) in [4.78, 5) is 2.50. The van der Waals surface area contributed by atoms with Gasteiger partial charge in [0.2, 0.25) is 0 Å². The van der Waals surface area contributed by atoms with E-state index in [2.05, 4.69) is 61.2 Å². The molecule has 0 spiro atoms. The Morgan fingerprint density at radius 3 is 2.08 bits per heavy atom. The van der Waals surface area contributed by atoms with Crippen molar-refractivity contribution in [1.82, 2.24) is 4.90 Å². The van der Waals surface area contributed by atoms with E-state index in [1.807, 2.05) is 24.3 Å². The van der Waals surface area contributed by atoms with Crippen LogP contribution in [0.15, 0.2) is 66.7 Å². The zero-order chi connectivity index (χ0) is 25.8. The minimum atomic E-state index is -0.178. The summed E-state index contributed by atoms with van der Waals surface area (Å²) >= 11 is 0. The second-order valence-corrected chi connectivity index (χ2v) is 10.7. The van der Waals surface area contributed by atoms with Crippen molar-refractivity contribution in [2.75, 3.05) is 40.5 Å². The van der Waals surface area contributed by atoms with E-state index in [4.69, 9.17) is 18.9 Å². The molecular weight excluding hydrogens is 462 g/mol. The summed E-state index contributed by atoms with van der Waals surface area (Å²) < 4.78 is 23.8. The fourth-order valence-electron chi connectivity index (χ4n) is 5.90. The Balaban J connectivity index is 1.41. The molecule has 2 aliphatic heterocycles. The van der Waals surface area contributed by atoms with E-state index in [9.17, 15) is 0 Å². The molecule has 0 saturated carbocycles. The summed E-state index contributed by atoms with van der Waals surface area (Å²) in [6.45, 7) is 8.70. The van der Waals surface area contributed by atoms with Crippen molar-refractivity contribution in [3.63, 3.8) is 0 Å². The normalized spacial score (nSPS) is 21.0. The summed E-state index contributed by atoms with van der Waals surface area (Å²) in [5, 5.41) is 0. The highest BCUT2D eigenvalue weighted by atomic mass is 16.5. The quantitative estimate of drug-likeness (QED) is 0.341. The summed E-state index contributed by atoms with van der Waals surface area (Å²) in [5.41, 5.74) is 3.36. The summed E-state index contributed by atoms with van der Waals surface area (Å²) in [5.74, 6) is 3.53. The Morgan fingerprint density at radius 1 is 0.784 bits per heavy atom. The Hall–Kier alpha value is -3.18. The smallest absolute Gasteiger partial charge is 0.131 e. The van der Waals surface area contributed by atoms with Crippen LogP contribution >= 0.6 is 0 Å². The number of benzene rings is 3. The summed E-state index contributed by atoms with van der Waals surface area (Å²) in [7, 11) is 3.39. The van der Waals surface area contributed by atoms with Gasteiger partial charge in [0.05, 0.1) is 14.2 Å². The molecule has 0 amide bonds. The predicted octanol–water partition coefficient (Wildman–Crippen LogP) is 6.76. The van der Waals surface area contributed by atoms with Crippen molar-refractivity contribution in [1.29, 1.82) is 0 Å². The van der Waals surface area contributed by atoms with E-state index >= 15 is 0 Å². The molecule has 2 aliphatic rings. The van der Waals surface area contributed by atoms with Gasteiger partial charge in [-0.15, -0.1) is 0 Å². The highest BCUT2D eigenvalue weighted by Crippen LogP contribution is 2.55. The van der Waals surface area contributed by atoms with E-state index in [0.29, 0.717) is 6.61 Å². The molecule has 2 unspecified atom stereocenters. The number of hydrogen-bond acceptors (Lipinski definition) is 5. The molecule has 5 rings (SSSR count). The van der Waals surface area contributed by atoms with Crippen molar-refractivity contribution < 1.29 is 18.9 Å². The number of piperidine rings is 1. The topological polar surface area (TPSA) is 40.2 Å². The number of likely N-dealkylation sites (tertiary alicyclic amines) is 1. The summed E-state index contributed by atoms with van der Waals surface area (Å²) in [6.07, 6.45) is 3.80. The van der Waals surface area contributed by atoms with Crippen LogP contribution in [-0.2, 0) is 5.41 Å². The highest BCUT2D eigenvalue weighted by molar-refractivity contribution is 5.51. The van der Waals surface area contributed by atoms with Gasteiger partial charge in [-0.3, -0.25) is 4.90 Å². The van der Waals surface area contributed by atoms with Gasteiger partial charge in [-0.1, -0.05) is 50.6 Å². The first-order chi connectivity index (χ1) is 18.0. The molecule has 0 bridgehead atoms. The Morgan fingerprint density at radius 2 is 1.41 bits per heavy atom. The van der Waals surface area contributed by atoms with Gasteiger partial charge in [-0.25, -0.2) is 0 Å². The van der Waals surface area contributed by atoms with E-state index in [0.717, 1.165) is 35.1 Å². The van der Waals surface area contributed by atoms with E-state index in [1.165, 1.54) is 43.5 Å². The Kier molecular flexibility index (Phi) is 7.61. The van der Waals surface area contributed by atoms with Gasteiger partial charge in [0.1, 0.15) is 35.7 Å². The second kappa shape index (κ2) is 11.1. The number of hydrogen-bond donors (Lipinski definition) is 0. The molecular formula is C32H39NO4. The number of methoxy groups -OCH3 is 2. The van der Waals surface area contributed by atoms with Gasteiger partial charge in [-0.2, -0.15) is 0 Å². The molecule has 2 atom stereocenters. The molecule has 2 heterocycles. The fraction of sp³-hybridized carbons (Fsp3) is 0.438. The molecule has 5 heteroatoms. The lowest BCUT2D eigenvalue weighted by Gasteiger charge is -2.45. The Labute approximate surface area is 221 Å². The van der Waals surface area contributed by atoms with E-state index in [1.54, 1.807) is 14.2 Å². The molecule has 0 aliphatic carbocycles. The van der Waals surface area contributed by atoms with Gasteiger partial charge in [0.25, 0.3) is 0 Å². The maximum Gasteiger partial charge on any atom is 0.131 e. The molecule has 196 valence electrons. The van der Waals surface area contributed by atoms with Crippen molar-refractivity contribution in [3.8, 4) is 23.0 Å². The lowest BCUT2D eigenvalue weighted by atomic mass is 9.65. The SMILES string of the molecule is COc1ccc(C2C(c3ccc(OCCN4CCCCC4)cc3)Oc3cc(OC)ccc3C2(C)C)cc1. The number of nitrogens with zero attached hydrogens (tertiary/aromatic N) is 1. The van der Waals surface area contributed by atoms with Crippen LogP contribution < -0.4 is 18.9 Å². The van der Waals surface area contributed by atoms with E-state index < -0.39 is 0 Å². The third-order valence-corrected chi connectivity index (χ3v) is 8.03. The molecule has 0 aromatic heterocycles. The lowest BCUT2D eigenvalue weighted by Crippen LogP contribution is -2.38. The molecule has 3 aromatic carbocycles. The largest absolute Gasteiger partial charge is 0.497 e. The maximum absolute atomic E-state index is 6.76. The molecule has 37 heavy (non-hydrogen) atoms. The van der Waals surface area contributed by atoms with Gasteiger partial charge in [0.15, 0.2) is 0 Å². The fourth-order valence-corrected chi connectivity index (χ4v) is 5.90. The molecule has 1 fully saturated rings. The van der Waals surface area contributed by atoms with Crippen LogP contribution in [0.3, 0.4) is 0 Å². The van der Waals surface area contributed by atoms with Crippen molar-refractivity contribution in [2.24, 2.45) is 0 Å². The van der Waals surface area contributed by atoms with Gasteiger partial charge in [-0.05, 0) is 67.4 Å². The van der Waals surface area contributed by atoms with E-state index in [-0.39, 0.29) is 17.4 Å². The lowest BCUT2D eigenvalue weighted by molar-refractivity contribution is 0.104.